The second kappa shape index (κ2) is 6.39. The van der Waals surface area contributed by atoms with Gasteiger partial charge in [-0.1, -0.05) is 24.3 Å². The van der Waals surface area contributed by atoms with E-state index < -0.39 is 11.7 Å². The maximum atomic E-state index is 13.5. The zero-order chi connectivity index (χ0) is 14.5. The largest absolute Gasteiger partial charge is 0.508 e. The molecule has 0 fully saturated rings. The Labute approximate surface area is 121 Å². The van der Waals surface area contributed by atoms with E-state index in [2.05, 4.69) is 5.32 Å². The van der Waals surface area contributed by atoms with Gasteiger partial charge in [0.05, 0.1) is 5.56 Å². The topological polar surface area (TPSA) is 49.3 Å². The summed E-state index contributed by atoms with van der Waals surface area (Å²) in [7, 11) is 0. The Morgan fingerprint density at radius 1 is 1.20 bits per heavy atom. The maximum absolute atomic E-state index is 13.5. The van der Waals surface area contributed by atoms with Crippen LogP contribution >= 0.6 is 11.6 Å². The number of carbonyl (C=O) groups is 1. The van der Waals surface area contributed by atoms with Gasteiger partial charge in [-0.3, -0.25) is 4.79 Å². The minimum atomic E-state index is -0.753. The molecule has 2 N–H and O–H groups in total. The van der Waals surface area contributed by atoms with E-state index in [1.54, 1.807) is 0 Å². The summed E-state index contributed by atoms with van der Waals surface area (Å²) in [6.07, 6.45) is 0. The molecule has 0 heterocycles. The molecular weight excluding hydrogens is 281 g/mol. The third-order valence-electron chi connectivity index (χ3n) is 2.80. The molecule has 20 heavy (non-hydrogen) atoms. The predicted molar refractivity (Wildman–Crippen MR) is 75.2 cm³/mol. The lowest BCUT2D eigenvalue weighted by molar-refractivity contribution is 0.0947. The molecule has 2 aromatic carbocycles. The van der Waals surface area contributed by atoms with Crippen LogP contribution < -0.4 is 5.32 Å². The Kier molecular flexibility index (Phi) is 4.58. The first-order valence-electron chi connectivity index (χ1n) is 6.00. The molecule has 2 aromatic rings. The van der Waals surface area contributed by atoms with Gasteiger partial charge in [0.25, 0.3) is 5.91 Å². The average molecular weight is 294 g/mol. The molecule has 104 valence electrons. The molecule has 0 spiro atoms. The Balaban J connectivity index is 2.04. The van der Waals surface area contributed by atoms with Crippen LogP contribution in [0.5, 0.6) is 5.75 Å². The lowest BCUT2D eigenvalue weighted by atomic mass is 10.1. The van der Waals surface area contributed by atoms with E-state index in [-0.39, 0.29) is 17.9 Å². The van der Waals surface area contributed by atoms with Crippen molar-refractivity contribution < 1.29 is 14.3 Å². The van der Waals surface area contributed by atoms with Gasteiger partial charge in [-0.05, 0) is 23.3 Å². The van der Waals surface area contributed by atoms with E-state index >= 15 is 0 Å². The normalized spacial score (nSPS) is 10.3. The molecule has 0 aliphatic heterocycles. The van der Waals surface area contributed by atoms with Crippen molar-refractivity contribution in [2.75, 3.05) is 0 Å². The SMILES string of the molecule is O=C(NCc1cccc(CCl)c1)c1ccc(O)cc1F. The van der Waals surface area contributed by atoms with Gasteiger partial charge in [0.15, 0.2) is 0 Å². The third-order valence-corrected chi connectivity index (χ3v) is 3.10. The predicted octanol–water partition coefficient (Wildman–Crippen LogP) is 3.20. The first-order chi connectivity index (χ1) is 9.60. The first kappa shape index (κ1) is 14.3. The zero-order valence-corrected chi connectivity index (χ0v) is 11.3. The highest BCUT2D eigenvalue weighted by Crippen LogP contribution is 2.15. The minimum Gasteiger partial charge on any atom is -0.508 e. The summed E-state index contributed by atoms with van der Waals surface area (Å²) in [5.74, 6) is -1.10. The van der Waals surface area contributed by atoms with E-state index in [4.69, 9.17) is 16.7 Å². The number of rotatable bonds is 4. The van der Waals surface area contributed by atoms with E-state index in [0.29, 0.717) is 5.88 Å². The Hall–Kier alpha value is -2.07. The van der Waals surface area contributed by atoms with Crippen molar-refractivity contribution in [2.45, 2.75) is 12.4 Å². The van der Waals surface area contributed by atoms with Gasteiger partial charge in [0, 0.05) is 18.5 Å². The van der Waals surface area contributed by atoms with Crippen molar-refractivity contribution in [2.24, 2.45) is 0 Å². The fourth-order valence-corrected chi connectivity index (χ4v) is 1.95. The molecule has 1 amide bonds. The number of carbonyl (C=O) groups excluding carboxylic acids is 1. The number of hydrogen-bond donors (Lipinski definition) is 2. The fraction of sp³-hybridized carbons (Fsp3) is 0.133. The van der Waals surface area contributed by atoms with Gasteiger partial charge in [-0.2, -0.15) is 0 Å². The Morgan fingerprint density at radius 3 is 2.65 bits per heavy atom. The monoisotopic (exact) mass is 293 g/mol. The Bertz CT molecular complexity index is 631. The van der Waals surface area contributed by atoms with Crippen molar-refractivity contribution in [1.82, 2.24) is 5.32 Å². The molecule has 3 nitrogen and oxygen atoms in total. The van der Waals surface area contributed by atoms with E-state index in [1.807, 2.05) is 24.3 Å². The number of benzene rings is 2. The number of phenolic OH excluding ortho intramolecular Hbond substituents is 1. The molecule has 5 heteroatoms. The molecule has 0 atom stereocenters. The van der Waals surface area contributed by atoms with Crippen molar-refractivity contribution in [1.29, 1.82) is 0 Å². The standard InChI is InChI=1S/C15H13ClFNO2/c16-8-10-2-1-3-11(6-10)9-18-15(20)13-5-4-12(19)7-14(13)17/h1-7,19H,8-9H2,(H,18,20). The summed E-state index contributed by atoms with van der Waals surface area (Å²) in [4.78, 5) is 11.8. The van der Waals surface area contributed by atoms with Crippen LogP contribution in [0.1, 0.15) is 21.5 Å². The van der Waals surface area contributed by atoms with Crippen LogP contribution in [0.3, 0.4) is 0 Å². The van der Waals surface area contributed by atoms with Crippen LogP contribution in [0.4, 0.5) is 4.39 Å². The number of phenols is 1. The summed E-state index contributed by atoms with van der Waals surface area (Å²) in [5, 5.41) is 11.7. The van der Waals surface area contributed by atoms with Crippen LogP contribution in [0.2, 0.25) is 0 Å². The molecule has 0 aliphatic carbocycles. The average Bonchev–Trinajstić information content (AvgIpc) is 2.45. The molecule has 2 rings (SSSR count). The lowest BCUT2D eigenvalue weighted by Gasteiger charge is -2.07. The first-order valence-corrected chi connectivity index (χ1v) is 6.54. The minimum absolute atomic E-state index is 0.101. The summed E-state index contributed by atoms with van der Waals surface area (Å²) >= 11 is 5.73. The summed E-state index contributed by atoms with van der Waals surface area (Å²) in [6.45, 7) is 0.282. The van der Waals surface area contributed by atoms with Crippen molar-refractivity contribution >= 4 is 17.5 Å². The van der Waals surface area contributed by atoms with Crippen molar-refractivity contribution in [3.8, 4) is 5.75 Å². The second-order valence-electron chi connectivity index (χ2n) is 4.30. The summed E-state index contributed by atoms with van der Waals surface area (Å²) < 4.78 is 13.5. The number of alkyl halides is 1. The van der Waals surface area contributed by atoms with Crippen LogP contribution in [0.25, 0.3) is 0 Å². The number of aromatic hydroxyl groups is 1. The van der Waals surface area contributed by atoms with E-state index in [0.717, 1.165) is 17.2 Å². The molecule has 0 unspecified atom stereocenters. The Morgan fingerprint density at radius 2 is 1.95 bits per heavy atom. The van der Waals surface area contributed by atoms with Gasteiger partial charge >= 0.3 is 0 Å². The van der Waals surface area contributed by atoms with Crippen LogP contribution in [-0.2, 0) is 12.4 Å². The molecule has 0 aliphatic rings. The van der Waals surface area contributed by atoms with Gasteiger partial charge in [0.1, 0.15) is 11.6 Å². The number of nitrogens with one attached hydrogen (secondary N) is 1. The van der Waals surface area contributed by atoms with Gasteiger partial charge < -0.3 is 10.4 Å². The maximum Gasteiger partial charge on any atom is 0.254 e. The quantitative estimate of drug-likeness (QED) is 0.851. The zero-order valence-electron chi connectivity index (χ0n) is 10.6. The molecule has 0 saturated heterocycles. The number of halogens is 2. The van der Waals surface area contributed by atoms with Crippen LogP contribution in [0.15, 0.2) is 42.5 Å². The van der Waals surface area contributed by atoms with Crippen LogP contribution in [0, 0.1) is 5.82 Å². The third kappa shape index (κ3) is 3.48. The smallest absolute Gasteiger partial charge is 0.254 e. The molecule has 0 aromatic heterocycles. The molecule has 0 bridgehead atoms. The number of hydrogen-bond acceptors (Lipinski definition) is 2. The summed E-state index contributed by atoms with van der Waals surface area (Å²) in [6, 6.07) is 10.9. The highest BCUT2D eigenvalue weighted by atomic mass is 35.5. The van der Waals surface area contributed by atoms with E-state index in [1.165, 1.54) is 12.1 Å². The lowest BCUT2D eigenvalue weighted by Crippen LogP contribution is -2.23. The van der Waals surface area contributed by atoms with Gasteiger partial charge in [0.2, 0.25) is 0 Å². The van der Waals surface area contributed by atoms with E-state index in [9.17, 15) is 9.18 Å². The van der Waals surface area contributed by atoms with Gasteiger partial charge in [-0.15, -0.1) is 11.6 Å². The molecule has 0 saturated carbocycles. The summed E-state index contributed by atoms with van der Waals surface area (Å²) in [5.41, 5.74) is 1.74. The van der Waals surface area contributed by atoms with Crippen molar-refractivity contribution in [3.63, 3.8) is 0 Å². The highest BCUT2D eigenvalue weighted by molar-refractivity contribution is 6.17. The van der Waals surface area contributed by atoms with Crippen molar-refractivity contribution in [3.05, 3.63) is 65.0 Å². The number of amides is 1. The highest BCUT2D eigenvalue weighted by Gasteiger charge is 2.11. The molecule has 0 radical (unpaired) electrons. The molecular formula is C15H13ClFNO2. The van der Waals surface area contributed by atoms with Crippen LogP contribution in [-0.4, -0.2) is 11.0 Å². The van der Waals surface area contributed by atoms with Gasteiger partial charge in [-0.25, -0.2) is 4.39 Å². The second-order valence-corrected chi connectivity index (χ2v) is 4.57. The fourth-order valence-electron chi connectivity index (χ4n) is 1.79.